The summed E-state index contributed by atoms with van der Waals surface area (Å²) in [6.07, 6.45) is 12.8. The van der Waals surface area contributed by atoms with Crippen molar-refractivity contribution in [3.63, 3.8) is 0 Å². The highest BCUT2D eigenvalue weighted by Gasteiger charge is 2.33. The zero-order valence-corrected chi connectivity index (χ0v) is 19.2. The van der Waals surface area contributed by atoms with E-state index in [2.05, 4.69) is 37.7 Å². The molecule has 2 aliphatic rings. The minimum atomic E-state index is 0.0591. The van der Waals surface area contributed by atoms with Crippen LogP contribution >= 0.6 is 0 Å². The molecule has 2 aliphatic heterocycles. The summed E-state index contributed by atoms with van der Waals surface area (Å²) in [5.41, 5.74) is 0.977. The van der Waals surface area contributed by atoms with Crippen LogP contribution in [0.15, 0.2) is 49.1 Å². The standard InChI is InChI=1S/C25H31N7O/c1-2-22-26-13-17-32(22)23-8-3-6-20(29-23)21-7-4-14-31(21)24(33)18-19-9-15-30(16-10-19)25-27-11-5-12-28-25/h3,5-6,8,11-13,17,19,21H,2,4,7,9-10,14-16,18H2,1H3/t21-/m0/s1. The summed E-state index contributed by atoms with van der Waals surface area (Å²) in [6.45, 7) is 4.72. The van der Waals surface area contributed by atoms with Crippen molar-refractivity contribution in [1.29, 1.82) is 0 Å². The van der Waals surface area contributed by atoms with Crippen LogP contribution in [0.3, 0.4) is 0 Å². The number of amides is 1. The van der Waals surface area contributed by atoms with Crippen molar-refractivity contribution in [2.24, 2.45) is 5.92 Å². The summed E-state index contributed by atoms with van der Waals surface area (Å²) in [7, 11) is 0. The molecule has 0 unspecified atom stereocenters. The Bertz CT molecular complexity index is 1080. The molecule has 1 atom stereocenters. The van der Waals surface area contributed by atoms with E-state index in [-0.39, 0.29) is 11.9 Å². The van der Waals surface area contributed by atoms with Crippen molar-refractivity contribution < 1.29 is 4.79 Å². The van der Waals surface area contributed by atoms with Crippen LogP contribution in [0.2, 0.25) is 0 Å². The number of rotatable bonds is 6. The first kappa shape index (κ1) is 21.6. The number of carbonyl (C=O) groups excluding carboxylic acids is 1. The van der Waals surface area contributed by atoms with E-state index in [9.17, 15) is 4.79 Å². The second-order valence-corrected chi connectivity index (χ2v) is 8.92. The lowest BCUT2D eigenvalue weighted by Gasteiger charge is -2.33. The maximum absolute atomic E-state index is 13.3. The van der Waals surface area contributed by atoms with Crippen LogP contribution in [0.25, 0.3) is 5.82 Å². The number of hydrogen-bond acceptors (Lipinski definition) is 6. The minimum absolute atomic E-state index is 0.0591. The summed E-state index contributed by atoms with van der Waals surface area (Å²) in [5, 5.41) is 0. The summed E-state index contributed by atoms with van der Waals surface area (Å²) >= 11 is 0. The Morgan fingerprint density at radius 2 is 1.82 bits per heavy atom. The third-order valence-electron chi connectivity index (χ3n) is 6.86. The molecule has 0 aliphatic carbocycles. The number of pyridine rings is 1. The van der Waals surface area contributed by atoms with Gasteiger partial charge in [0.2, 0.25) is 11.9 Å². The molecule has 5 rings (SSSR count). The van der Waals surface area contributed by atoms with E-state index in [0.29, 0.717) is 12.3 Å². The van der Waals surface area contributed by atoms with E-state index in [1.165, 1.54) is 0 Å². The summed E-state index contributed by atoms with van der Waals surface area (Å²) in [4.78, 5) is 35.7. The number of anilines is 1. The van der Waals surface area contributed by atoms with Gasteiger partial charge in [0, 0.05) is 57.3 Å². The number of aryl methyl sites for hydroxylation is 1. The zero-order valence-electron chi connectivity index (χ0n) is 19.2. The normalized spacial score (nSPS) is 19.2. The van der Waals surface area contributed by atoms with Gasteiger partial charge in [0.05, 0.1) is 11.7 Å². The molecule has 8 nitrogen and oxygen atoms in total. The maximum atomic E-state index is 13.3. The first-order chi connectivity index (χ1) is 16.2. The lowest BCUT2D eigenvalue weighted by atomic mass is 9.93. The second kappa shape index (κ2) is 9.68. The number of aromatic nitrogens is 5. The molecule has 0 spiro atoms. The van der Waals surface area contributed by atoms with Crippen molar-refractivity contribution in [2.45, 2.75) is 51.5 Å². The SMILES string of the molecule is CCc1nccn1-c1cccc([C@@H]2CCCN2C(=O)CC2CCN(c3ncccn3)CC2)n1. The molecular formula is C25H31N7O. The van der Waals surface area contributed by atoms with Crippen LogP contribution in [0, 0.1) is 5.92 Å². The van der Waals surface area contributed by atoms with Crippen molar-refractivity contribution in [1.82, 2.24) is 29.4 Å². The van der Waals surface area contributed by atoms with Gasteiger partial charge in [-0.1, -0.05) is 13.0 Å². The molecule has 3 aromatic heterocycles. The molecule has 172 valence electrons. The Balaban J connectivity index is 1.23. The van der Waals surface area contributed by atoms with Gasteiger partial charge in [0.1, 0.15) is 11.6 Å². The molecule has 2 saturated heterocycles. The van der Waals surface area contributed by atoms with Crippen molar-refractivity contribution in [2.75, 3.05) is 24.5 Å². The number of hydrogen-bond donors (Lipinski definition) is 0. The van der Waals surface area contributed by atoms with E-state index in [1.54, 1.807) is 12.4 Å². The Morgan fingerprint density at radius 1 is 1.00 bits per heavy atom. The van der Waals surface area contributed by atoms with Gasteiger partial charge in [0.15, 0.2) is 0 Å². The van der Waals surface area contributed by atoms with Crippen LogP contribution in [-0.2, 0) is 11.2 Å². The van der Waals surface area contributed by atoms with Crippen LogP contribution in [0.1, 0.15) is 56.6 Å². The molecule has 8 heteroatoms. The molecule has 0 radical (unpaired) electrons. The zero-order chi connectivity index (χ0) is 22.6. The Labute approximate surface area is 194 Å². The Kier molecular flexibility index (Phi) is 6.32. The molecular weight excluding hydrogens is 414 g/mol. The summed E-state index contributed by atoms with van der Waals surface area (Å²) in [5.74, 6) is 3.33. The highest BCUT2D eigenvalue weighted by Crippen LogP contribution is 2.33. The fourth-order valence-electron chi connectivity index (χ4n) is 5.09. The van der Waals surface area contributed by atoms with Gasteiger partial charge in [-0.15, -0.1) is 0 Å². The third kappa shape index (κ3) is 4.60. The molecule has 1 amide bonds. The monoisotopic (exact) mass is 445 g/mol. The lowest BCUT2D eigenvalue weighted by Crippen LogP contribution is -2.38. The molecule has 0 saturated carbocycles. The molecule has 2 fully saturated rings. The fourth-order valence-corrected chi connectivity index (χ4v) is 5.09. The molecule has 0 N–H and O–H groups in total. The smallest absolute Gasteiger partial charge is 0.225 e. The number of imidazole rings is 1. The predicted molar refractivity (Wildman–Crippen MR) is 126 cm³/mol. The van der Waals surface area contributed by atoms with E-state index in [0.717, 1.165) is 75.0 Å². The molecule has 0 aromatic carbocycles. The van der Waals surface area contributed by atoms with Gasteiger partial charge in [-0.25, -0.2) is 19.9 Å². The van der Waals surface area contributed by atoms with Crippen LogP contribution < -0.4 is 4.90 Å². The van der Waals surface area contributed by atoms with Crippen molar-refractivity contribution in [3.05, 3.63) is 60.6 Å². The first-order valence-corrected chi connectivity index (χ1v) is 12.0. The third-order valence-corrected chi connectivity index (χ3v) is 6.86. The number of likely N-dealkylation sites (tertiary alicyclic amines) is 1. The number of piperidine rings is 1. The predicted octanol–water partition coefficient (Wildman–Crippen LogP) is 3.59. The summed E-state index contributed by atoms with van der Waals surface area (Å²) < 4.78 is 2.04. The van der Waals surface area contributed by atoms with E-state index in [4.69, 9.17) is 4.98 Å². The minimum Gasteiger partial charge on any atom is -0.341 e. The highest BCUT2D eigenvalue weighted by atomic mass is 16.2. The number of nitrogens with zero attached hydrogens (tertiary/aromatic N) is 7. The number of carbonyl (C=O) groups is 1. The van der Waals surface area contributed by atoms with Crippen LogP contribution in [0.4, 0.5) is 5.95 Å². The quantitative estimate of drug-likeness (QED) is 0.577. The van der Waals surface area contributed by atoms with Crippen molar-refractivity contribution in [3.8, 4) is 5.82 Å². The van der Waals surface area contributed by atoms with E-state index >= 15 is 0 Å². The lowest BCUT2D eigenvalue weighted by molar-refractivity contribution is -0.133. The van der Waals surface area contributed by atoms with E-state index in [1.807, 2.05) is 35.2 Å². The maximum Gasteiger partial charge on any atom is 0.225 e. The average molecular weight is 446 g/mol. The van der Waals surface area contributed by atoms with Gasteiger partial charge in [-0.05, 0) is 49.8 Å². The molecule has 33 heavy (non-hydrogen) atoms. The van der Waals surface area contributed by atoms with Gasteiger partial charge < -0.3 is 9.80 Å². The fraction of sp³-hybridized carbons (Fsp3) is 0.480. The largest absolute Gasteiger partial charge is 0.341 e. The van der Waals surface area contributed by atoms with Gasteiger partial charge in [-0.2, -0.15) is 0 Å². The summed E-state index contributed by atoms with van der Waals surface area (Å²) in [6, 6.07) is 8.00. The van der Waals surface area contributed by atoms with Crippen LogP contribution in [-0.4, -0.2) is 54.9 Å². The Hall–Kier alpha value is -3.29. The molecule has 3 aromatic rings. The average Bonchev–Trinajstić information content (AvgIpc) is 3.55. The highest BCUT2D eigenvalue weighted by molar-refractivity contribution is 5.77. The first-order valence-electron chi connectivity index (χ1n) is 12.0. The van der Waals surface area contributed by atoms with Gasteiger partial charge in [0.25, 0.3) is 0 Å². The van der Waals surface area contributed by atoms with Gasteiger partial charge in [-0.3, -0.25) is 9.36 Å². The van der Waals surface area contributed by atoms with E-state index < -0.39 is 0 Å². The molecule has 0 bridgehead atoms. The second-order valence-electron chi connectivity index (χ2n) is 8.92. The Morgan fingerprint density at radius 3 is 2.61 bits per heavy atom. The topological polar surface area (TPSA) is 80.0 Å². The molecule has 5 heterocycles. The van der Waals surface area contributed by atoms with Gasteiger partial charge >= 0.3 is 0 Å². The van der Waals surface area contributed by atoms with Crippen molar-refractivity contribution >= 4 is 11.9 Å². The van der Waals surface area contributed by atoms with Crippen LogP contribution in [0.5, 0.6) is 0 Å².